The van der Waals surface area contributed by atoms with Crippen molar-refractivity contribution in [1.82, 2.24) is 5.32 Å². The van der Waals surface area contributed by atoms with Crippen molar-refractivity contribution < 1.29 is 4.74 Å². The zero-order valence-corrected chi connectivity index (χ0v) is 11.9. The first kappa shape index (κ1) is 14.4. The van der Waals surface area contributed by atoms with E-state index in [4.69, 9.17) is 4.74 Å². The summed E-state index contributed by atoms with van der Waals surface area (Å²) in [4.78, 5) is 0. The van der Waals surface area contributed by atoms with Gasteiger partial charge in [-0.15, -0.1) is 0 Å². The van der Waals surface area contributed by atoms with Gasteiger partial charge in [0.2, 0.25) is 0 Å². The second-order valence-electron chi connectivity index (χ2n) is 4.87. The number of rotatable bonds is 7. The fourth-order valence-corrected chi connectivity index (χ4v) is 1.91. The van der Waals surface area contributed by atoms with E-state index in [1.165, 1.54) is 5.56 Å². The number of nitrogens with one attached hydrogen (secondary N) is 1. The molecule has 0 unspecified atom stereocenters. The molecule has 1 aromatic rings. The lowest BCUT2D eigenvalue weighted by atomic mass is 9.84. The van der Waals surface area contributed by atoms with Crippen LogP contribution in [0.2, 0.25) is 0 Å². The van der Waals surface area contributed by atoms with Gasteiger partial charge in [0.15, 0.2) is 0 Å². The van der Waals surface area contributed by atoms with Crippen LogP contribution >= 0.6 is 12.6 Å². The molecule has 0 fully saturated rings. The Balaban J connectivity index is 2.55. The third kappa shape index (κ3) is 4.60. The van der Waals surface area contributed by atoms with Gasteiger partial charge in [0.05, 0.1) is 7.11 Å². The lowest BCUT2D eigenvalue weighted by Gasteiger charge is -2.26. The molecular formula is C14H23NOS. The van der Waals surface area contributed by atoms with Crippen LogP contribution in [0.25, 0.3) is 0 Å². The van der Waals surface area contributed by atoms with Gasteiger partial charge in [-0.2, -0.15) is 12.6 Å². The highest BCUT2D eigenvalue weighted by atomic mass is 32.1. The van der Waals surface area contributed by atoms with E-state index < -0.39 is 0 Å². The molecule has 0 bridgehead atoms. The van der Waals surface area contributed by atoms with Crippen molar-refractivity contribution in [2.24, 2.45) is 0 Å². The Morgan fingerprint density at radius 1 is 1.24 bits per heavy atom. The number of benzene rings is 1. The highest BCUT2D eigenvalue weighted by molar-refractivity contribution is 7.80. The number of hydrogen-bond acceptors (Lipinski definition) is 3. The van der Waals surface area contributed by atoms with E-state index in [0.29, 0.717) is 0 Å². The van der Waals surface area contributed by atoms with Crippen LogP contribution in [0, 0.1) is 0 Å². The van der Waals surface area contributed by atoms with Crippen LogP contribution in [-0.4, -0.2) is 26.0 Å². The first-order valence-corrected chi connectivity index (χ1v) is 6.69. The number of ether oxygens (including phenoxy) is 1. The predicted molar refractivity (Wildman–Crippen MR) is 77.4 cm³/mol. The average molecular weight is 253 g/mol. The van der Waals surface area contributed by atoms with Gasteiger partial charge in [0.1, 0.15) is 5.75 Å². The minimum atomic E-state index is 0.142. The second-order valence-corrected chi connectivity index (χ2v) is 5.31. The molecule has 1 rings (SSSR count). The van der Waals surface area contributed by atoms with Gasteiger partial charge in [-0.25, -0.2) is 0 Å². The third-order valence-corrected chi connectivity index (χ3v) is 3.27. The third-order valence-electron chi connectivity index (χ3n) is 2.95. The highest BCUT2D eigenvalue weighted by Gasteiger charge is 2.19. The molecule has 0 spiro atoms. The largest absolute Gasteiger partial charge is 0.497 e. The lowest BCUT2D eigenvalue weighted by Crippen LogP contribution is -2.33. The van der Waals surface area contributed by atoms with Crippen molar-refractivity contribution in [2.75, 3.05) is 26.0 Å². The Hall–Kier alpha value is -0.670. The molecule has 0 saturated carbocycles. The Morgan fingerprint density at radius 2 is 1.88 bits per heavy atom. The summed E-state index contributed by atoms with van der Waals surface area (Å²) in [7, 11) is 1.69. The predicted octanol–water partition coefficient (Wildman–Crippen LogP) is 2.88. The van der Waals surface area contributed by atoms with Crippen LogP contribution in [0.4, 0.5) is 0 Å². The molecule has 0 radical (unpaired) electrons. The molecule has 0 aromatic heterocycles. The van der Waals surface area contributed by atoms with Crippen LogP contribution in [-0.2, 0) is 5.41 Å². The van der Waals surface area contributed by atoms with Gasteiger partial charge < -0.3 is 10.1 Å². The Labute approximate surface area is 110 Å². The molecule has 1 aromatic carbocycles. The van der Waals surface area contributed by atoms with Crippen molar-refractivity contribution in [2.45, 2.75) is 25.7 Å². The summed E-state index contributed by atoms with van der Waals surface area (Å²) < 4.78 is 5.17. The maximum atomic E-state index is 5.17. The quantitative estimate of drug-likeness (QED) is 0.576. The van der Waals surface area contributed by atoms with Crippen molar-refractivity contribution in [1.29, 1.82) is 0 Å². The van der Waals surface area contributed by atoms with Crippen molar-refractivity contribution >= 4 is 12.6 Å². The van der Waals surface area contributed by atoms with E-state index in [1.54, 1.807) is 7.11 Å². The molecule has 0 aliphatic heterocycles. The molecule has 2 nitrogen and oxygen atoms in total. The van der Waals surface area contributed by atoms with E-state index in [9.17, 15) is 0 Å². The molecular weight excluding hydrogens is 230 g/mol. The SMILES string of the molecule is COc1ccc(C(C)(C)CNCCCS)cc1. The molecule has 1 N–H and O–H groups in total. The fourth-order valence-electron chi connectivity index (χ4n) is 1.75. The van der Waals surface area contributed by atoms with Crippen molar-refractivity contribution in [3.63, 3.8) is 0 Å². The van der Waals surface area contributed by atoms with E-state index in [2.05, 4.69) is 43.9 Å². The Kier molecular flexibility index (Phi) is 5.86. The maximum Gasteiger partial charge on any atom is 0.118 e. The molecule has 0 aliphatic rings. The van der Waals surface area contributed by atoms with Gasteiger partial charge in [0, 0.05) is 12.0 Å². The normalized spacial score (nSPS) is 11.5. The fraction of sp³-hybridized carbons (Fsp3) is 0.571. The molecule has 3 heteroatoms. The van der Waals surface area contributed by atoms with Crippen LogP contribution in [0.1, 0.15) is 25.8 Å². The van der Waals surface area contributed by atoms with Crippen LogP contribution in [0.3, 0.4) is 0 Å². The zero-order chi connectivity index (χ0) is 12.7. The van der Waals surface area contributed by atoms with E-state index in [1.807, 2.05) is 12.1 Å². The molecule has 0 aliphatic carbocycles. The number of methoxy groups -OCH3 is 1. The highest BCUT2D eigenvalue weighted by Crippen LogP contribution is 2.24. The van der Waals surface area contributed by atoms with Crippen LogP contribution in [0.5, 0.6) is 5.75 Å². The summed E-state index contributed by atoms with van der Waals surface area (Å²) in [5, 5.41) is 3.47. The summed E-state index contributed by atoms with van der Waals surface area (Å²) in [6, 6.07) is 8.31. The van der Waals surface area contributed by atoms with Crippen molar-refractivity contribution in [3.8, 4) is 5.75 Å². The van der Waals surface area contributed by atoms with Crippen LogP contribution < -0.4 is 10.1 Å². The zero-order valence-electron chi connectivity index (χ0n) is 11.0. The van der Waals surface area contributed by atoms with Gasteiger partial charge in [0.25, 0.3) is 0 Å². The van der Waals surface area contributed by atoms with Crippen molar-refractivity contribution in [3.05, 3.63) is 29.8 Å². The Bertz CT molecular complexity index is 321. The first-order chi connectivity index (χ1) is 8.10. The maximum absolute atomic E-state index is 5.17. The number of thiol groups is 1. The van der Waals surface area contributed by atoms with Gasteiger partial charge in [-0.05, 0) is 36.4 Å². The summed E-state index contributed by atoms with van der Waals surface area (Å²) in [5.74, 6) is 1.85. The monoisotopic (exact) mass is 253 g/mol. The molecule has 0 amide bonds. The van der Waals surface area contributed by atoms with Crippen LogP contribution in [0.15, 0.2) is 24.3 Å². The summed E-state index contributed by atoms with van der Waals surface area (Å²) in [6.07, 6.45) is 1.11. The second kappa shape index (κ2) is 6.92. The minimum Gasteiger partial charge on any atom is -0.497 e. The lowest BCUT2D eigenvalue weighted by molar-refractivity contribution is 0.413. The number of hydrogen-bond donors (Lipinski definition) is 2. The molecule has 0 saturated heterocycles. The summed E-state index contributed by atoms with van der Waals surface area (Å²) >= 11 is 4.20. The molecule has 0 atom stereocenters. The first-order valence-electron chi connectivity index (χ1n) is 6.06. The van der Waals surface area contributed by atoms with Gasteiger partial charge in [-0.3, -0.25) is 0 Å². The van der Waals surface area contributed by atoms with E-state index >= 15 is 0 Å². The topological polar surface area (TPSA) is 21.3 Å². The standard InChI is InChI=1S/C14H23NOS/c1-14(2,11-15-9-4-10-17)12-5-7-13(16-3)8-6-12/h5-8,15,17H,4,9-11H2,1-3H3. The average Bonchev–Trinajstić information content (AvgIpc) is 2.35. The van der Waals surface area contributed by atoms with Gasteiger partial charge >= 0.3 is 0 Å². The van der Waals surface area contributed by atoms with E-state index in [0.717, 1.165) is 31.0 Å². The summed E-state index contributed by atoms with van der Waals surface area (Å²) in [6.45, 7) is 6.52. The molecule has 0 heterocycles. The molecule has 96 valence electrons. The minimum absolute atomic E-state index is 0.142. The summed E-state index contributed by atoms with van der Waals surface area (Å²) in [5.41, 5.74) is 1.47. The van der Waals surface area contributed by atoms with Gasteiger partial charge in [-0.1, -0.05) is 26.0 Å². The van der Waals surface area contributed by atoms with E-state index in [-0.39, 0.29) is 5.41 Å². The Morgan fingerprint density at radius 3 is 2.41 bits per heavy atom. The molecule has 17 heavy (non-hydrogen) atoms. The smallest absolute Gasteiger partial charge is 0.118 e.